The zero-order chi connectivity index (χ0) is 11.1. The Morgan fingerprint density at radius 2 is 1.73 bits per heavy atom. The van der Waals surface area contributed by atoms with Crippen LogP contribution in [-0.2, 0) is 0 Å². The molecule has 90 valence electrons. The van der Waals surface area contributed by atoms with Gasteiger partial charge in [-0.15, -0.1) is 0 Å². The lowest BCUT2D eigenvalue weighted by atomic mass is 9.96. The zero-order valence-electron chi connectivity index (χ0n) is 10.5. The molecule has 1 saturated carbocycles. The minimum Gasteiger partial charge on any atom is -0.393 e. The molecule has 15 heavy (non-hydrogen) atoms. The van der Waals surface area contributed by atoms with E-state index >= 15 is 0 Å². The minimum absolute atomic E-state index is 0.0237. The Hall–Kier alpha value is -0.0400. The fourth-order valence-corrected chi connectivity index (χ4v) is 2.63. The highest BCUT2D eigenvalue weighted by atomic mass is 16.3. The van der Waals surface area contributed by atoms with E-state index in [-0.39, 0.29) is 6.10 Å². The van der Waals surface area contributed by atoms with Crippen molar-refractivity contribution < 1.29 is 5.11 Å². The van der Waals surface area contributed by atoms with Gasteiger partial charge in [0.15, 0.2) is 0 Å². The molecule has 0 aromatic heterocycles. The maximum Gasteiger partial charge on any atom is 0.0540 e. The molecule has 0 heterocycles. The molecule has 1 atom stereocenters. The Morgan fingerprint density at radius 1 is 1.07 bits per heavy atom. The third-order valence-corrected chi connectivity index (χ3v) is 3.70. The lowest BCUT2D eigenvalue weighted by Gasteiger charge is -2.14. The summed E-state index contributed by atoms with van der Waals surface area (Å²) in [6.07, 6.45) is 11.4. The fourth-order valence-electron chi connectivity index (χ4n) is 2.63. The van der Waals surface area contributed by atoms with Crippen LogP contribution in [0, 0.1) is 11.8 Å². The lowest BCUT2D eigenvalue weighted by molar-refractivity contribution is 0.140. The normalized spacial score (nSPS) is 20.0. The molecule has 1 fully saturated rings. The second-order valence-electron chi connectivity index (χ2n) is 5.71. The summed E-state index contributed by atoms with van der Waals surface area (Å²) in [5.74, 6) is 1.72. The molecule has 1 unspecified atom stereocenters. The van der Waals surface area contributed by atoms with Gasteiger partial charge in [0.2, 0.25) is 0 Å². The highest BCUT2D eigenvalue weighted by Crippen LogP contribution is 2.29. The van der Waals surface area contributed by atoms with E-state index in [1.807, 2.05) is 0 Å². The summed E-state index contributed by atoms with van der Waals surface area (Å²) in [5, 5.41) is 9.82. The van der Waals surface area contributed by atoms with Crippen molar-refractivity contribution in [3.05, 3.63) is 0 Å². The molecule has 1 rings (SSSR count). The number of aliphatic hydroxyl groups excluding tert-OH is 1. The van der Waals surface area contributed by atoms with Gasteiger partial charge in [0, 0.05) is 0 Å². The molecule has 0 radical (unpaired) electrons. The second-order valence-corrected chi connectivity index (χ2v) is 5.71. The van der Waals surface area contributed by atoms with Crippen molar-refractivity contribution in [3.63, 3.8) is 0 Å². The summed E-state index contributed by atoms with van der Waals surface area (Å²) in [6, 6.07) is 0. The third kappa shape index (κ3) is 6.19. The molecule has 1 nitrogen and oxygen atoms in total. The van der Waals surface area contributed by atoms with Crippen molar-refractivity contribution >= 4 is 0 Å². The van der Waals surface area contributed by atoms with Crippen molar-refractivity contribution in [3.8, 4) is 0 Å². The molecular weight excluding hydrogens is 184 g/mol. The minimum atomic E-state index is -0.0237. The van der Waals surface area contributed by atoms with Crippen molar-refractivity contribution in [2.24, 2.45) is 11.8 Å². The Bertz CT molecular complexity index is 147. The van der Waals surface area contributed by atoms with Crippen LogP contribution in [0.4, 0.5) is 0 Å². The molecule has 1 N–H and O–H groups in total. The topological polar surface area (TPSA) is 20.2 Å². The molecule has 1 heteroatoms. The van der Waals surface area contributed by atoms with E-state index in [4.69, 9.17) is 0 Å². The summed E-state index contributed by atoms with van der Waals surface area (Å²) in [7, 11) is 0. The van der Waals surface area contributed by atoms with Gasteiger partial charge in [-0.3, -0.25) is 0 Å². The SMILES string of the molecule is CC(C)CCCC(O)CCC1CCCC1. The number of hydrogen-bond acceptors (Lipinski definition) is 1. The van der Waals surface area contributed by atoms with Gasteiger partial charge in [0.1, 0.15) is 0 Å². The van der Waals surface area contributed by atoms with Gasteiger partial charge >= 0.3 is 0 Å². The summed E-state index contributed by atoms with van der Waals surface area (Å²) in [5.41, 5.74) is 0. The fraction of sp³-hybridized carbons (Fsp3) is 1.00. The molecule has 1 aliphatic carbocycles. The molecule has 0 saturated heterocycles. The van der Waals surface area contributed by atoms with Crippen LogP contribution in [0.15, 0.2) is 0 Å². The van der Waals surface area contributed by atoms with Gasteiger partial charge in [-0.2, -0.15) is 0 Å². The maximum absolute atomic E-state index is 9.82. The first kappa shape index (κ1) is 13.0. The summed E-state index contributed by atoms with van der Waals surface area (Å²) >= 11 is 0. The number of rotatable bonds is 7. The molecule has 0 aliphatic heterocycles. The van der Waals surface area contributed by atoms with Crippen molar-refractivity contribution in [1.29, 1.82) is 0 Å². The maximum atomic E-state index is 9.82. The monoisotopic (exact) mass is 212 g/mol. The van der Waals surface area contributed by atoms with Gasteiger partial charge in [0.05, 0.1) is 6.10 Å². The summed E-state index contributed by atoms with van der Waals surface area (Å²) < 4.78 is 0. The first-order valence-electron chi connectivity index (χ1n) is 6.86. The van der Waals surface area contributed by atoms with Crippen LogP contribution in [0.1, 0.15) is 71.6 Å². The molecule has 1 aliphatic rings. The van der Waals surface area contributed by atoms with Crippen molar-refractivity contribution in [1.82, 2.24) is 0 Å². The van der Waals surface area contributed by atoms with Crippen LogP contribution in [-0.4, -0.2) is 11.2 Å². The lowest BCUT2D eigenvalue weighted by Crippen LogP contribution is -2.09. The molecule has 0 amide bonds. The average Bonchev–Trinajstić information content (AvgIpc) is 2.66. The van der Waals surface area contributed by atoms with E-state index in [1.54, 1.807) is 0 Å². The van der Waals surface area contributed by atoms with Gasteiger partial charge in [-0.1, -0.05) is 52.4 Å². The van der Waals surface area contributed by atoms with Crippen LogP contribution < -0.4 is 0 Å². The van der Waals surface area contributed by atoms with E-state index in [9.17, 15) is 5.11 Å². The first-order valence-corrected chi connectivity index (χ1v) is 6.86. The van der Waals surface area contributed by atoms with Crippen LogP contribution >= 0.6 is 0 Å². The van der Waals surface area contributed by atoms with Gasteiger partial charge in [-0.05, 0) is 31.1 Å². The molecule has 0 aromatic carbocycles. The summed E-state index contributed by atoms with van der Waals surface area (Å²) in [6.45, 7) is 4.51. The molecule has 0 bridgehead atoms. The zero-order valence-corrected chi connectivity index (χ0v) is 10.5. The largest absolute Gasteiger partial charge is 0.393 e. The Balaban J connectivity index is 1.95. The van der Waals surface area contributed by atoms with Gasteiger partial charge in [0.25, 0.3) is 0 Å². The van der Waals surface area contributed by atoms with Crippen LogP contribution in [0.3, 0.4) is 0 Å². The number of hydrogen-bond donors (Lipinski definition) is 1. The standard InChI is InChI=1S/C14H28O/c1-12(2)6-5-9-14(15)11-10-13-7-3-4-8-13/h12-15H,3-11H2,1-2H3. The molecular formula is C14H28O. The second kappa shape index (κ2) is 7.27. The van der Waals surface area contributed by atoms with Gasteiger partial charge in [-0.25, -0.2) is 0 Å². The van der Waals surface area contributed by atoms with E-state index in [0.717, 1.165) is 24.7 Å². The molecule has 0 spiro atoms. The highest BCUT2D eigenvalue weighted by molar-refractivity contribution is 4.69. The van der Waals surface area contributed by atoms with Crippen LogP contribution in [0.2, 0.25) is 0 Å². The number of aliphatic hydroxyl groups is 1. The average molecular weight is 212 g/mol. The van der Waals surface area contributed by atoms with E-state index in [2.05, 4.69) is 13.8 Å². The first-order chi connectivity index (χ1) is 7.18. The van der Waals surface area contributed by atoms with Crippen LogP contribution in [0.5, 0.6) is 0 Å². The Kier molecular flexibility index (Phi) is 6.31. The third-order valence-electron chi connectivity index (χ3n) is 3.70. The predicted molar refractivity (Wildman–Crippen MR) is 65.9 cm³/mol. The smallest absolute Gasteiger partial charge is 0.0540 e. The van der Waals surface area contributed by atoms with Crippen molar-refractivity contribution in [2.75, 3.05) is 0 Å². The van der Waals surface area contributed by atoms with Crippen molar-refractivity contribution in [2.45, 2.75) is 77.7 Å². The summed E-state index contributed by atoms with van der Waals surface area (Å²) in [4.78, 5) is 0. The molecule has 0 aromatic rings. The van der Waals surface area contributed by atoms with Gasteiger partial charge < -0.3 is 5.11 Å². The van der Waals surface area contributed by atoms with Crippen LogP contribution in [0.25, 0.3) is 0 Å². The van der Waals surface area contributed by atoms with E-state index in [1.165, 1.54) is 44.9 Å². The Morgan fingerprint density at radius 3 is 2.33 bits per heavy atom. The quantitative estimate of drug-likeness (QED) is 0.672. The highest BCUT2D eigenvalue weighted by Gasteiger charge is 2.16. The van der Waals surface area contributed by atoms with E-state index < -0.39 is 0 Å². The predicted octanol–water partition coefficient (Wildman–Crippen LogP) is 4.14. The van der Waals surface area contributed by atoms with E-state index in [0.29, 0.717) is 0 Å². The Labute approximate surface area is 95.3 Å².